The van der Waals surface area contributed by atoms with Crippen LogP contribution in [0.2, 0.25) is 0 Å². The summed E-state index contributed by atoms with van der Waals surface area (Å²) in [5, 5.41) is 11.7. The molecule has 0 saturated carbocycles. The summed E-state index contributed by atoms with van der Waals surface area (Å²) in [6.45, 7) is 2.20. The van der Waals surface area contributed by atoms with Gasteiger partial charge in [-0.2, -0.15) is 0 Å². The molecule has 1 aromatic heterocycles. The van der Waals surface area contributed by atoms with Crippen molar-refractivity contribution in [2.24, 2.45) is 0 Å². The number of aliphatic hydroxyl groups excluding tert-OH is 1. The van der Waals surface area contributed by atoms with Crippen molar-refractivity contribution < 1.29 is 5.11 Å². The zero-order valence-corrected chi connectivity index (χ0v) is 9.02. The summed E-state index contributed by atoms with van der Waals surface area (Å²) in [5.41, 5.74) is 0. The summed E-state index contributed by atoms with van der Waals surface area (Å²) in [5.74, 6) is 0. The minimum absolute atomic E-state index is 0.225. The number of thiophene rings is 1. The van der Waals surface area contributed by atoms with Crippen molar-refractivity contribution in [3.8, 4) is 0 Å². The number of hydrogen-bond donors (Lipinski definition) is 1. The molecule has 13 heavy (non-hydrogen) atoms. The second-order valence-corrected chi connectivity index (χ2v) is 4.36. The molecular weight excluding hydrogens is 180 g/mol. The number of aliphatic hydroxyl groups is 1. The van der Waals surface area contributed by atoms with E-state index >= 15 is 0 Å². The van der Waals surface area contributed by atoms with Crippen LogP contribution in [0.5, 0.6) is 0 Å². The van der Waals surface area contributed by atoms with E-state index in [2.05, 4.69) is 6.92 Å². The minimum atomic E-state index is -0.225. The Morgan fingerprint density at radius 3 is 2.85 bits per heavy atom. The van der Waals surface area contributed by atoms with Gasteiger partial charge < -0.3 is 5.11 Å². The molecule has 1 nitrogen and oxygen atoms in total. The van der Waals surface area contributed by atoms with E-state index in [1.165, 1.54) is 19.3 Å². The van der Waals surface area contributed by atoms with Crippen LogP contribution in [0.4, 0.5) is 0 Å². The third-order valence-corrected chi connectivity index (χ3v) is 3.18. The van der Waals surface area contributed by atoms with Crippen LogP contribution in [0.15, 0.2) is 17.5 Å². The number of rotatable bonds is 6. The summed E-state index contributed by atoms with van der Waals surface area (Å²) >= 11 is 1.64. The maximum Gasteiger partial charge on any atom is 0.0882 e. The molecule has 0 aliphatic carbocycles. The Labute approximate surface area is 84.4 Å². The van der Waals surface area contributed by atoms with Crippen molar-refractivity contribution in [2.75, 3.05) is 0 Å². The summed E-state index contributed by atoms with van der Waals surface area (Å²) in [6.07, 6.45) is 5.63. The first-order valence-corrected chi connectivity index (χ1v) is 5.94. The molecule has 0 aliphatic rings. The highest BCUT2D eigenvalue weighted by Crippen LogP contribution is 2.23. The molecule has 0 radical (unpaired) electrons. The lowest BCUT2D eigenvalue weighted by Gasteiger charge is -2.07. The highest BCUT2D eigenvalue weighted by Gasteiger charge is 2.06. The van der Waals surface area contributed by atoms with Gasteiger partial charge in [0.2, 0.25) is 0 Å². The van der Waals surface area contributed by atoms with E-state index in [1.807, 2.05) is 17.5 Å². The number of hydrogen-bond acceptors (Lipinski definition) is 2. The van der Waals surface area contributed by atoms with Crippen molar-refractivity contribution in [3.05, 3.63) is 22.4 Å². The van der Waals surface area contributed by atoms with E-state index in [1.54, 1.807) is 11.3 Å². The molecule has 1 aromatic rings. The fourth-order valence-corrected chi connectivity index (χ4v) is 2.13. The summed E-state index contributed by atoms with van der Waals surface area (Å²) in [6, 6.07) is 4.00. The second-order valence-electron chi connectivity index (χ2n) is 3.38. The molecule has 0 saturated heterocycles. The molecule has 0 aromatic carbocycles. The molecule has 74 valence electrons. The maximum absolute atomic E-state index is 9.72. The SMILES string of the molecule is CCCCCCC(O)c1cccs1. The van der Waals surface area contributed by atoms with E-state index in [0.29, 0.717) is 0 Å². The Kier molecular flexibility index (Phi) is 5.09. The van der Waals surface area contributed by atoms with Crippen LogP contribution in [0, 0.1) is 0 Å². The fourth-order valence-electron chi connectivity index (χ4n) is 1.39. The largest absolute Gasteiger partial charge is 0.388 e. The van der Waals surface area contributed by atoms with Crippen LogP contribution < -0.4 is 0 Å². The Morgan fingerprint density at radius 1 is 1.38 bits per heavy atom. The predicted octanol–water partition coefficient (Wildman–Crippen LogP) is 3.75. The van der Waals surface area contributed by atoms with Crippen molar-refractivity contribution in [2.45, 2.75) is 45.1 Å². The van der Waals surface area contributed by atoms with Crippen molar-refractivity contribution >= 4 is 11.3 Å². The molecule has 0 aliphatic heterocycles. The molecule has 0 spiro atoms. The topological polar surface area (TPSA) is 20.2 Å². The summed E-state index contributed by atoms with van der Waals surface area (Å²) in [7, 11) is 0. The first kappa shape index (κ1) is 10.7. The lowest BCUT2D eigenvalue weighted by molar-refractivity contribution is 0.167. The molecular formula is C11H18OS. The first-order valence-electron chi connectivity index (χ1n) is 5.06. The monoisotopic (exact) mass is 198 g/mol. The highest BCUT2D eigenvalue weighted by molar-refractivity contribution is 7.10. The van der Waals surface area contributed by atoms with Gasteiger partial charge in [0.1, 0.15) is 0 Å². The smallest absolute Gasteiger partial charge is 0.0882 e. The Balaban J connectivity index is 2.15. The third-order valence-electron chi connectivity index (χ3n) is 2.20. The van der Waals surface area contributed by atoms with Gasteiger partial charge in [-0.15, -0.1) is 11.3 Å². The van der Waals surface area contributed by atoms with Crippen LogP contribution in [0.3, 0.4) is 0 Å². The van der Waals surface area contributed by atoms with Crippen LogP contribution in [-0.2, 0) is 0 Å². The quantitative estimate of drug-likeness (QED) is 0.690. The minimum Gasteiger partial charge on any atom is -0.388 e. The molecule has 1 unspecified atom stereocenters. The summed E-state index contributed by atoms with van der Waals surface area (Å²) in [4.78, 5) is 1.11. The van der Waals surface area contributed by atoms with E-state index < -0.39 is 0 Å². The number of unbranched alkanes of at least 4 members (excludes halogenated alkanes) is 3. The molecule has 1 N–H and O–H groups in total. The van der Waals surface area contributed by atoms with Gasteiger partial charge in [-0.3, -0.25) is 0 Å². The van der Waals surface area contributed by atoms with Crippen molar-refractivity contribution in [1.29, 1.82) is 0 Å². The molecule has 1 heterocycles. The maximum atomic E-state index is 9.72. The molecule has 0 fully saturated rings. The third kappa shape index (κ3) is 3.92. The van der Waals surface area contributed by atoms with Gasteiger partial charge in [-0.1, -0.05) is 38.7 Å². The van der Waals surface area contributed by atoms with Gasteiger partial charge in [0.25, 0.3) is 0 Å². The average molecular weight is 198 g/mol. The lowest BCUT2D eigenvalue weighted by Crippen LogP contribution is -1.93. The van der Waals surface area contributed by atoms with E-state index in [0.717, 1.165) is 17.7 Å². The molecule has 0 bridgehead atoms. The molecule has 1 atom stereocenters. The zero-order valence-electron chi connectivity index (χ0n) is 8.20. The molecule has 1 rings (SSSR count). The van der Waals surface area contributed by atoms with Crippen LogP contribution in [-0.4, -0.2) is 5.11 Å². The van der Waals surface area contributed by atoms with E-state index in [-0.39, 0.29) is 6.10 Å². The van der Waals surface area contributed by atoms with Gasteiger partial charge in [0.05, 0.1) is 6.10 Å². The van der Waals surface area contributed by atoms with Gasteiger partial charge in [0, 0.05) is 4.88 Å². The lowest BCUT2D eigenvalue weighted by atomic mass is 10.1. The second kappa shape index (κ2) is 6.17. The van der Waals surface area contributed by atoms with Crippen molar-refractivity contribution in [3.63, 3.8) is 0 Å². The standard InChI is InChI=1S/C11H18OS/c1-2-3-4-5-7-10(12)11-8-6-9-13-11/h6,8-10,12H,2-5,7H2,1H3. The van der Waals surface area contributed by atoms with E-state index in [4.69, 9.17) is 0 Å². The Bertz CT molecular complexity index is 206. The van der Waals surface area contributed by atoms with Gasteiger partial charge in [-0.05, 0) is 17.9 Å². The summed E-state index contributed by atoms with van der Waals surface area (Å²) < 4.78 is 0. The first-order chi connectivity index (χ1) is 6.34. The average Bonchev–Trinajstić information content (AvgIpc) is 2.65. The van der Waals surface area contributed by atoms with Crippen LogP contribution in [0.25, 0.3) is 0 Å². The van der Waals surface area contributed by atoms with Crippen LogP contribution in [0.1, 0.15) is 50.0 Å². The van der Waals surface area contributed by atoms with Crippen molar-refractivity contribution in [1.82, 2.24) is 0 Å². The van der Waals surface area contributed by atoms with Gasteiger partial charge in [-0.25, -0.2) is 0 Å². The van der Waals surface area contributed by atoms with Gasteiger partial charge in [0.15, 0.2) is 0 Å². The molecule has 2 heteroatoms. The Hall–Kier alpha value is -0.340. The Morgan fingerprint density at radius 2 is 2.23 bits per heavy atom. The fraction of sp³-hybridized carbons (Fsp3) is 0.636. The predicted molar refractivity (Wildman–Crippen MR) is 58.0 cm³/mol. The van der Waals surface area contributed by atoms with Gasteiger partial charge >= 0.3 is 0 Å². The normalized spacial score (nSPS) is 13.1. The highest BCUT2D eigenvalue weighted by atomic mass is 32.1. The van der Waals surface area contributed by atoms with E-state index in [9.17, 15) is 5.11 Å². The zero-order chi connectivity index (χ0) is 9.52. The van der Waals surface area contributed by atoms with Crippen LogP contribution >= 0.6 is 11.3 Å². The molecule has 0 amide bonds.